The van der Waals surface area contributed by atoms with Crippen molar-refractivity contribution in [1.29, 1.82) is 0 Å². The number of hydrogen-bond acceptors (Lipinski definition) is 3. The first-order chi connectivity index (χ1) is 29.2. The highest BCUT2D eigenvalue weighted by atomic mass is 15.2. The number of aliphatic imine (C=N–C) groups is 2. The van der Waals surface area contributed by atoms with Gasteiger partial charge in [0, 0.05) is 27.6 Å². The smallest absolute Gasteiger partial charge is 0.159 e. The minimum atomic E-state index is -0.304. The summed E-state index contributed by atoms with van der Waals surface area (Å²) < 4.78 is 2.37. The molecule has 9 aromatic carbocycles. The van der Waals surface area contributed by atoms with Crippen molar-refractivity contribution in [3.05, 3.63) is 235 Å². The lowest BCUT2D eigenvalue weighted by Gasteiger charge is -2.24. The molecule has 0 fully saturated rings. The average Bonchev–Trinajstić information content (AvgIpc) is 3.65. The van der Waals surface area contributed by atoms with E-state index in [9.17, 15) is 0 Å². The van der Waals surface area contributed by atoms with Crippen LogP contribution in [0, 0.1) is 0 Å². The molecule has 4 nitrogen and oxygen atoms in total. The highest BCUT2D eigenvalue weighted by Crippen LogP contribution is 2.36. The average molecular weight is 755 g/mol. The summed E-state index contributed by atoms with van der Waals surface area (Å²) in [6.07, 6.45) is -0.304. The molecule has 0 saturated carbocycles. The molecular formula is C55H38N4. The Bertz CT molecular complexity index is 3210. The molecular weight excluding hydrogens is 717 g/mol. The monoisotopic (exact) mass is 754 g/mol. The van der Waals surface area contributed by atoms with Crippen LogP contribution in [0.15, 0.2) is 228 Å². The van der Waals surface area contributed by atoms with Crippen molar-refractivity contribution >= 4 is 44.2 Å². The summed E-state index contributed by atoms with van der Waals surface area (Å²) >= 11 is 0. The van der Waals surface area contributed by atoms with Gasteiger partial charge < -0.3 is 9.88 Å². The van der Waals surface area contributed by atoms with Gasteiger partial charge in [-0.1, -0.05) is 176 Å². The Morgan fingerprint density at radius 3 is 1.73 bits per heavy atom. The number of nitrogens with zero attached hydrogens (tertiary/aromatic N) is 3. The molecule has 1 aliphatic rings. The summed E-state index contributed by atoms with van der Waals surface area (Å²) in [6.45, 7) is 0. The molecule has 10 aromatic rings. The van der Waals surface area contributed by atoms with Crippen LogP contribution in [0.4, 0.5) is 0 Å². The Morgan fingerprint density at radius 2 is 0.932 bits per heavy atom. The van der Waals surface area contributed by atoms with Gasteiger partial charge in [-0.3, -0.25) is 0 Å². The summed E-state index contributed by atoms with van der Waals surface area (Å²) in [5.74, 6) is 1.50. The Morgan fingerprint density at radius 1 is 0.373 bits per heavy atom. The second kappa shape index (κ2) is 14.6. The minimum absolute atomic E-state index is 0.304. The van der Waals surface area contributed by atoms with Crippen molar-refractivity contribution < 1.29 is 0 Å². The third-order valence-corrected chi connectivity index (χ3v) is 11.5. The van der Waals surface area contributed by atoms with Crippen LogP contribution >= 0.6 is 0 Å². The lowest BCUT2D eigenvalue weighted by molar-refractivity contribution is 0.674. The van der Waals surface area contributed by atoms with Gasteiger partial charge in [0.05, 0.1) is 11.0 Å². The van der Waals surface area contributed by atoms with Gasteiger partial charge in [0.1, 0.15) is 12.0 Å². The van der Waals surface area contributed by atoms with Gasteiger partial charge in [-0.2, -0.15) is 0 Å². The molecule has 0 bridgehead atoms. The van der Waals surface area contributed by atoms with Crippen LogP contribution < -0.4 is 5.32 Å². The van der Waals surface area contributed by atoms with E-state index < -0.39 is 0 Å². The van der Waals surface area contributed by atoms with E-state index in [-0.39, 0.29) is 6.17 Å². The number of amidine groups is 2. The standard InChI is InChI=1S/C55H38N4/c1-3-12-37(13-4-1)46-30-33-52-50(36-46)49-20-9-10-21-51(49)59(52)48-31-28-40(29-32-48)44-18-11-19-47(35-44)55-57-53(41-15-5-2-6-16-41)56-54(58-55)42-25-22-39(23-26-42)45-27-24-38-14-7-8-17-43(38)34-45/h1-36,54H,(H,56,57,58). The molecule has 0 radical (unpaired) electrons. The van der Waals surface area contributed by atoms with Crippen molar-refractivity contribution in [1.82, 2.24) is 9.88 Å². The topological polar surface area (TPSA) is 41.7 Å². The number of hydrogen-bond donors (Lipinski definition) is 1. The van der Waals surface area contributed by atoms with Crippen molar-refractivity contribution in [2.75, 3.05) is 0 Å². The second-order valence-electron chi connectivity index (χ2n) is 15.1. The minimum Gasteiger partial charge on any atom is -0.344 e. The molecule has 1 N–H and O–H groups in total. The number of para-hydroxylation sites is 1. The fraction of sp³-hybridized carbons (Fsp3) is 0.0182. The summed E-state index contributed by atoms with van der Waals surface area (Å²) in [5, 5.41) is 8.66. The molecule has 59 heavy (non-hydrogen) atoms. The zero-order chi connectivity index (χ0) is 39.1. The molecule has 1 atom stereocenters. The molecule has 4 heteroatoms. The molecule has 1 unspecified atom stereocenters. The van der Waals surface area contributed by atoms with Crippen molar-refractivity contribution in [2.45, 2.75) is 6.17 Å². The number of aromatic nitrogens is 1. The predicted molar refractivity (Wildman–Crippen MR) is 246 cm³/mol. The summed E-state index contributed by atoms with van der Waals surface area (Å²) in [6, 6.07) is 77.7. The van der Waals surface area contributed by atoms with Gasteiger partial charge in [0.2, 0.25) is 0 Å². The Hall–Kier alpha value is -7.82. The van der Waals surface area contributed by atoms with Crippen LogP contribution in [-0.4, -0.2) is 16.2 Å². The van der Waals surface area contributed by atoms with E-state index in [1.165, 1.54) is 54.8 Å². The molecule has 11 rings (SSSR count). The summed E-state index contributed by atoms with van der Waals surface area (Å²) in [5.41, 5.74) is 13.6. The van der Waals surface area contributed by atoms with Crippen LogP contribution in [0.3, 0.4) is 0 Å². The van der Waals surface area contributed by atoms with E-state index in [1.54, 1.807) is 0 Å². The third kappa shape index (κ3) is 6.47. The second-order valence-corrected chi connectivity index (χ2v) is 15.1. The molecule has 1 aliphatic heterocycles. The lowest BCUT2D eigenvalue weighted by atomic mass is 9.99. The van der Waals surface area contributed by atoms with Gasteiger partial charge in [-0.25, -0.2) is 9.98 Å². The summed E-state index contributed by atoms with van der Waals surface area (Å²) in [4.78, 5) is 10.2. The highest BCUT2D eigenvalue weighted by molar-refractivity contribution is 6.13. The first-order valence-corrected chi connectivity index (χ1v) is 20.1. The summed E-state index contributed by atoms with van der Waals surface area (Å²) in [7, 11) is 0. The van der Waals surface area contributed by atoms with E-state index in [0.717, 1.165) is 39.3 Å². The van der Waals surface area contributed by atoms with Crippen LogP contribution in [-0.2, 0) is 0 Å². The van der Waals surface area contributed by atoms with E-state index in [0.29, 0.717) is 5.84 Å². The predicted octanol–water partition coefficient (Wildman–Crippen LogP) is 13.4. The zero-order valence-electron chi connectivity index (χ0n) is 32.2. The molecule has 0 spiro atoms. The Kier molecular flexibility index (Phi) is 8.52. The van der Waals surface area contributed by atoms with Gasteiger partial charge in [-0.15, -0.1) is 0 Å². The number of rotatable bonds is 7. The maximum Gasteiger partial charge on any atom is 0.159 e. The largest absolute Gasteiger partial charge is 0.344 e. The van der Waals surface area contributed by atoms with Crippen LogP contribution in [0.2, 0.25) is 0 Å². The fourth-order valence-corrected chi connectivity index (χ4v) is 8.42. The number of nitrogens with one attached hydrogen (secondary N) is 1. The van der Waals surface area contributed by atoms with Gasteiger partial charge in [0.25, 0.3) is 0 Å². The molecule has 0 amide bonds. The van der Waals surface area contributed by atoms with Crippen LogP contribution in [0.1, 0.15) is 22.9 Å². The van der Waals surface area contributed by atoms with Gasteiger partial charge >= 0.3 is 0 Å². The van der Waals surface area contributed by atoms with E-state index in [4.69, 9.17) is 9.98 Å². The third-order valence-electron chi connectivity index (χ3n) is 11.5. The molecule has 2 heterocycles. The van der Waals surface area contributed by atoms with E-state index in [2.05, 4.69) is 210 Å². The molecule has 0 saturated heterocycles. The molecule has 278 valence electrons. The first kappa shape index (κ1) is 34.4. The Balaban J connectivity index is 0.908. The van der Waals surface area contributed by atoms with E-state index in [1.807, 2.05) is 18.2 Å². The number of benzene rings is 9. The normalized spacial score (nSPS) is 13.9. The van der Waals surface area contributed by atoms with Crippen molar-refractivity contribution in [2.24, 2.45) is 9.98 Å². The molecule has 0 aliphatic carbocycles. The number of fused-ring (bicyclic) bond motifs is 4. The van der Waals surface area contributed by atoms with Gasteiger partial charge in [0.15, 0.2) is 5.84 Å². The SMILES string of the molecule is c1ccc(C2=NC(c3ccc(-c4ccc5ccccc5c4)cc3)NC(c3cccc(-c4ccc(-n5c6ccccc6c6cc(-c7ccccc7)ccc65)cc4)c3)=N2)cc1. The maximum absolute atomic E-state index is 5.14. The van der Waals surface area contributed by atoms with Gasteiger partial charge in [-0.05, 0) is 92.2 Å². The highest BCUT2D eigenvalue weighted by Gasteiger charge is 2.22. The van der Waals surface area contributed by atoms with Crippen molar-refractivity contribution in [3.8, 4) is 39.1 Å². The lowest BCUT2D eigenvalue weighted by Crippen LogP contribution is -2.33. The maximum atomic E-state index is 5.14. The first-order valence-electron chi connectivity index (χ1n) is 20.1. The zero-order valence-corrected chi connectivity index (χ0v) is 32.2. The molecule has 1 aromatic heterocycles. The van der Waals surface area contributed by atoms with Crippen molar-refractivity contribution in [3.63, 3.8) is 0 Å². The Labute approximate surface area is 343 Å². The van der Waals surface area contributed by atoms with E-state index >= 15 is 0 Å². The van der Waals surface area contributed by atoms with Crippen LogP contribution in [0.5, 0.6) is 0 Å². The quantitative estimate of drug-likeness (QED) is 0.173. The fourth-order valence-electron chi connectivity index (χ4n) is 8.42. The van der Waals surface area contributed by atoms with Crippen LogP contribution in [0.25, 0.3) is 71.6 Å².